The van der Waals surface area contributed by atoms with Crippen LogP contribution in [0.3, 0.4) is 0 Å². The maximum atomic E-state index is 13.4. The van der Waals surface area contributed by atoms with Crippen LogP contribution in [-0.4, -0.2) is 17.6 Å². The molecule has 0 aliphatic heterocycles. The van der Waals surface area contributed by atoms with Crippen LogP contribution in [-0.2, 0) is 6.42 Å². The quantitative estimate of drug-likeness (QED) is 0.758. The van der Waals surface area contributed by atoms with Crippen LogP contribution in [0.4, 0.5) is 8.78 Å². The second kappa shape index (κ2) is 5.55. The molecule has 0 heterocycles. The topological polar surface area (TPSA) is 63.3 Å². The van der Waals surface area contributed by atoms with E-state index in [9.17, 15) is 13.6 Å². The number of aromatic carboxylic acids is 1. The summed E-state index contributed by atoms with van der Waals surface area (Å²) in [7, 11) is 0. The molecular formula is C11H13F2NO2. The summed E-state index contributed by atoms with van der Waals surface area (Å²) in [5, 5.41) is 8.57. The minimum absolute atomic E-state index is 0.191. The third-order valence-electron chi connectivity index (χ3n) is 2.27. The van der Waals surface area contributed by atoms with Gasteiger partial charge < -0.3 is 10.8 Å². The smallest absolute Gasteiger partial charge is 0.338 e. The molecule has 0 aliphatic rings. The van der Waals surface area contributed by atoms with Gasteiger partial charge in [0.25, 0.3) is 0 Å². The van der Waals surface area contributed by atoms with Crippen molar-refractivity contribution in [1.29, 1.82) is 0 Å². The van der Waals surface area contributed by atoms with Gasteiger partial charge in [0.2, 0.25) is 0 Å². The number of halogens is 2. The molecule has 1 aromatic rings. The van der Waals surface area contributed by atoms with Gasteiger partial charge in [-0.2, -0.15) is 0 Å². The number of carboxylic acid groups (broad SMARTS) is 1. The molecule has 0 bridgehead atoms. The zero-order valence-electron chi connectivity index (χ0n) is 8.67. The van der Waals surface area contributed by atoms with Gasteiger partial charge in [-0.25, -0.2) is 13.6 Å². The SMILES string of the molecule is NCCCCc1cc(F)c(C(=O)O)cc1F. The lowest BCUT2D eigenvalue weighted by Gasteiger charge is -2.05. The molecule has 0 amide bonds. The van der Waals surface area contributed by atoms with Gasteiger partial charge >= 0.3 is 5.97 Å². The number of carboxylic acids is 1. The first-order valence-corrected chi connectivity index (χ1v) is 4.97. The van der Waals surface area contributed by atoms with E-state index in [0.717, 1.165) is 18.6 Å². The zero-order chi connectivity index (χ0) is 12.1. The third kappa shape index (κ3) is 3.00. The Morgan fingerprint density at radius 1 is 1.25 bits per heavy atom. The van der Waals surface area contributed by atoms with Crippen LogP contribution < -0.4 is 5.73 Å². The highest BCUT2D eigenvalue weighted by molar-refractivity contribution is 5.87. The third-order valence-corrected chi connectivity index (χ3v) is 2.27. The molecule has 5 heteroatoms. The molecule has 0 unspecified atom stereocenters. The molecule has 1 aromatic carbocycles. The first-order valence-electron chi connectivity index (χ1n) is 4.97. The Morgan fingerprint density at radius 3 is 2.50 bits per heavy atom. The van der Waals surface area contributed by atoms with Crippen LogP contribution in [0.1, 0.15) is 28.8 Å². The molecule has 1 rings (SSSR count). The van der Waals surface area contributed by atoms with E-state index >= 15 is 0 Å². The predicted octanol–water partition coefficient (Wildman–Crippen LogP) is 1.94. The van der Waals surface area contributed by atoms with E-state index in [0.29, 0.717) is 19.4 Å². The molecule has 88 valence electrons. The molecule has 0 aliphatic carbocycles. The molecule has 16 heavy (non-hydrogen) atoms. The Morgan fingerprint density at radius 2 is 1.94 bits per heavy atom. The van der Waals surface area contributed by atoms with Gasteiger partial charge in [-0.1, -0.05) is 0 Å². The predicted molar refractivity (Wildman–Crippen MR) is 55.3 cm³/mol. The number of carbonyl (C=O) groups is 1. The lowest BCUT2D eigenvalue weighted by Crippen LogP contribution is -2.05. The summed E-state index contributed by atoms with van der Waals surface area (Å²) in [6.45, 7) is 0.497. The van der Waals surface area contributed by atoms with Crippen molar-refractivity contribution in [2.45, 2.75) is 19.3 Å². The number of hydrogen-bond acceptors (Lipinski definition) is 2. The van der Waals surface area contributed by atoms with Crippen LogP contribution in [0, 0.1) is 11.6 Å². The van der Waals surface area contributed by atoms with E-state index in [2.05, 4.69) is 0 Å². The first-order chi connectivity index (χ1) is 7.56. The van der Waals surface area contributed by atoms with Gasteiger partial charge in [0.1, 0.15) is 11.6 Å². The van der Waals surface area contributed by atoms with Gasteiger partial charge in [0.15, 0.2) is 0 Å². The van der Waals surface area contributed by atoms with Crippen molar-refractivity contribution in [3.8, 4) is 0 Å². The van der Waals surface area contributed by atoms with Crippen molar-refractivity contribution in [2.75, 3.05) is 6.54 Å². The number of aryl methyl sites for hydroxylation is 1. The maximum Gasteiger partial charge on any atom is 0.338 e. The highest BCUT2D eigenvalue weighted by Gasteiger charge is 2.14. The molecule has 0 saturated heterocycles. The molecule has 0 atom stereocenters. The minimum atomic E-state index is -1.47. The Hall–Kier alpha value is -1.49. The van der Waals surface area contributed by atoms with Gasteiger partial charge in [-0.05, 0) is 43.5 Å². The summed E-state index contributed by atoms with van der Waals surface area (Å²) in [5.74, 6) is -3.06. The molecule has 0 saturated carbocycles. The van der Waals surface area contributed by atoms with Gasteiger partial charge in [0, 0.05) is 0 Å². The first kappa shape index (κ1) is 12.6. The molecule has 0 radical (unpaired) electrons. The van der Waals surface area contributed by atoms with Crippen LogP contribution >= 0.6 is 0 Å². The van der Waals surface area contributed by atoms with E-state index in [-0.39, 0.29) is 5.56 Å². The molecule has 0 aromatic heterocycles. The number of nitrogens with two attached hydrogens (primary N) is 1. The summed E-state index contributed by atoms with van der Waals surface area (Å²) < 4.78 is 26.6. The Balaban J connectivity index is 2.88. The largest absolute Gasteiger partial charge is 0.478 e. The van der Waals surface area contributed by atoms with Crippen molar-refractivity contribution in [3.63, 3.8) is 0 Å². The van der Waals surface area contributed by atoms with E-state index < -0.39 is 23.2 Å². The van der Waals surface area contributed by atoms with Crippen LogP contribution in [0.15, 0.2) is 12.1 Å². The molecule has 3 nitrogen and oxygen atoms in total. The lowest BCUT2D eigenvalue weighted by molar-refractivity contribution is 0.0691. The molecule has 3 N–H and O–H groups in total. The van der Waals surface area contributed by atoms with Crippen molar-refractivity contribution in [2.24, 2.45) is 5.73 Å². The number of hydrogen-bond donors (Lipinski definition) is 2. The average Bonchev–Trinajstić information content (AvgIpc) is 2.22. The monoisotopic (exact) mass is 229 g/mol. The fourth-order valence-electron chi connectivity index (χ4n) is 1.40. The summed E-state index contributed by atoms with van der Waals surface area (Å²) in [4.78, 5) is 10.5. The van der Waals surface area contributed by atoms with Gasteiger partial charge in [0.05, 0.1) is 5.56 Å². The second-order valence-corrected chi connectivity index (χ2v) is 3.47. The Kier molecular flexibility index (Phi) is 4.37. The van der Waals surface area contributed by atoms with Crippen molar-refractivity contribution in [3.05, 3.63) is 34.9 Å². The fourth-order valence-corrected chi connectivity index (χ4v) is 1.40. The van der Waals surface area contributed by atoms with Gasteiger partial charge in [-0.15, -0.1) is 0 Å². The van der Waals surface area contributed by atoms with Crippen LogP contribution in [0.5, 0.6) is 0 Å². The second-order valence-electron chi connectivity index (χ2n) is 3.47. The normalized spacial score (nSPS) is 10.4. The standard InChI is InChI=1S/C11H13F2NO2/c12-9-6-8(11(15)16)10(13)5-7(9)3-1-2-4-14/h5-6H,1-4,14H2,(H,15,16). The summed E-state index contributed by atoms with van der Waals surface area (Å²) in [6.07, 6.45) is 1.74. The van der Waals surface area contributed by atoms with Crippen molar-refractivity contribution >= 4 is 5.97 Å². The van der Waals surface area contributed by atoms with E-state index in [1.54, 1.807) is 0 Å². The fraction of sp³-hybridized carbons (Fsp3) is 0.364. The number of unbranched alkanes of at least 4 members (excludes halogenated alkanes) is 1. The maximum absolute atomic E-state index is 13.4. The Labute approximate surface area is 91.9 Å². The summed E-state index contributed by atoms with van der Waals surface area (Å²) in [6, 6.07) is 1.66. The Bertz CT molecular complexity index is 394. The number of benzene rings is 1. The number of rotatable bonds is 5. The summed E-state index contributed by atoms with van der Waals surface area (Å²) >= 11 is 0. The molecule has 0 fully saturated rings. The van der Waals surface area contributed by atoms with E-state index in [1.807, 2.05) is 0 Å². The van der Waals surface area contributed by atoms with Crippen molar-refractivity contribution < 1.29 is 18.7 Å². The summed E-state index contributed by atoms with van der Waals surface area (Å²) in [5.41, 5.74) is 4.83. The highest BCUT2D eigenvalue weighted by atomic mass is 19.1. The zero-order valence-corrected chi connectivity index (χ0v) is 8.67. The van der Waals surface area contributed by atoms with Crippen LogP contribution in [0.2, 0.25) is 0 Å². The molecule has 0 spiro atoms. The highest BCUT2D eigenvalue weighted by Crippen LogP contribution is 2.17. The van der Waals surface area contributed by atoms with E-state index in [1.165, 1.54) is 0 Å². The van der Waals surface area contributed by atoms with Crippen LogP contribution in [0.25, 0.3) is 0 Å². The van der Waals surface area contributed by atoms with E-state index in [4.69, 9.17) is 10.8 Å². The van der Waals surface area contributed by atoms with Gasteiger partial charge in [-0.3, -0.25) is 0 Å². The average molecular weight is 229 g/mol. The molecular weight excluding hydrogens is 216 g/mol. The minimum Gasteiger partial charge on any atom is -0.478 e. The lowest BCUT2D eigenvalue weighted by atomic mass is 10.0. The van der Waals surface area contributed by atoms with Crippen molar-refractivity contribution in [1.82, 2.24) is 0 Å².